The van der Waals surface area contributed by atoms with E-state index in [1.807, 2.05) is 0 Å². The molecule has 0 aromatic heterocycles. The average molecular weight is 194 g/mol. The van der Waals surface area contributed by atoms with E-state index in [0.717, 1.165) is 19.1 Å². The van der Waals surface area contributed by atoms with Gasteiger partial charge in [-0.25, -0.2) is 0 Å². The second-order valence-corrected chi connectivity index (χ2v) is 4.18. The number of nitrogens with zero attached hydrogens (tertiary/aromatic N) is 2. The van der Waals surface area contributed by atoms with Crippen molar-refractivity contribution in [1.82, 2.24) is 4.90 Å². The molecule has 0 spiro atoms. The van der Waals surface area contributed by atoms with Crippen LogP contribution in [0.2, 0.25) is 0 Å². The van der Waals surface area contributed by atoms with E-state index in [4.69, 9.17) is 5.26 Å². The van der Waals surface area contributed by atoms with Gasteiger partial charge in [0.2, 0.25) is 0 Å². The van der Waals surface area contributed by atoms with Gasteiger partial charge in [0.05, 0.1) is 6.07 Å². The average Bonchev–Trinajstić information content (AvgIpc) is 2.48. The lowest BCUT2D eigenvalue weighted by Gasteiger charge is -2.29. The van der Waals surface area contributed by atoms with Gasteiger partial charge in [-0.2, -0.15) is 5.26 Å². The Labute approximate surface area is 87.9 Å². The Balaban J connectivity index is 2.36. The Bertz CT molecular complexity index is 175. The van der Waals surface area contributed by atoms with E-state index < -0.39 is 0 Å². The van der Waals surface area contributed by atoms with Crippen LogP contribution in [0.1, 0.15) is 51.9 Å². The van der Waals surface area contributed by atoms with Gasteiger partial charge in [0, 0.05) is 19.0 Å². The van der Waals surface area contributed by atoms with Crippen molar-refractivity contribution in [3.05, 3.63) is 0 Å². The van der Waals surface area contributed by atoms with Crippen LogP contribution in [0, 0.1) is 11.3 Å². The number of rotatable bonds is 4. The van der Waals surface area contributed by atoms with Crippen molar-refractivity contribution in [2.75, 3.05) is 13.1 Å². The molecule has 0 atom stereocenters. The van der Waals surface area contributed by atoms with Gasteiger partial charge >= 0.3 is 0 Å². The lowest BCUT2D eigenvalue weighted by molar-refractivity contribution is 0.192. The molecular weight excluding hydrogens is 172 g/mol. The van der Waals surface area contributed by atoms with Crippen LogP contribution >= 0.6 is 0 Å². The first-order valence-electron chi connectivity index (χ1n) is 5.99. The fourth-order valence-electron chi connectivity index (χ4n) is 2.42. The van der Waals surface area contributed by atoms with Crippen LogP contribution in [0.15, 0.2) is 0 Å². The summed E-state index contributed by atoms with van der Waals surface area (Å²) in [5, 5.41) is 8.59. The van der Waals surface area contributed by atoms with Crippen LogP contribution in [0.4, 0.5) is 0 Å². The molecule has 14 heavy (non-hydrogen) atoms. The maximum Gasteiger partial charge on any atom is 0.0635 e. The van der Waals surface area contributed by atoms with Crippen LogP contribution in [0.5, 0.6) is 0 Å². The lowest BCUT2D eigenvalue weighted by Crippen LogP contribution is -2.35. The highest BCUT2D eigenvalue weighted by Gasteiger charge is 2.17. The van der Waals surface area contributed by atoms with Crippen LogP contribution in [0.25, 0.3) is 0 Å². The zero-order chi connectivity index (χ0) is 10.2. The molecular formula is C12H22N2. The van der Waals surface area contributed by atoms with Crippen LogP contribution in [-0.2, 0) is 0 Å². The molecule has 1 saturated carbocycles. The SMILES string of the molecule is CCN(CCC#N)C1CCCCCC1. The summed E-state index contributed by atoms with van der Waals surface area (Å²) in [6.07, 6.45) is 8.96. The smallest absolute Gasteiger partial charge is 0.0635 e. The summed E-state index contributed by atoms with van der Waals surface area (Å²) in [5.74, 6) is 0. The highest BCUT2D eigenvalue weighted by Crippen LogP contribution is 2.21. The third kappa shape index (κ3) is 3.67. The van der Waals surface area contributed by atoms with Gasteiger partial charge in [0.15, 0.2) is 0 Å². The fraction of sp³-hybridized carbons (Fsp3) is 0.917. The predicted octanol–water partition coefficient (Wildman–Crippen LogP) is 2.94. The second kappa shape index (κ2) is 6.84. The minimum atomic E-state index is 0.685. The molecule has 2 heteroatoms. The Morgan fingerprint density at radius 1 is 1.21 bits per heavy atom. The highest BCUT2D eigenvalue weighted by molar-refractivity contribution is 4.78. The summed E-state index contributed by atoms with van der Waals surface area (Å²) in [4.78, 5) is 2.49. The van der Waals surface area contributed by atoms with Gasteiger partial charge in [-0.05, 0) is 19.4 Å². The Kier molecular flexibility index (Phi) is 5.63. The van der Waals surface area contributed by atoms with E-state index >= 15 is 0 Å². The fourth-order valence-corrected chi connectivity index (χ4v) is 2.42. The van der Waals surface area contributed by atoms with Crippen LogP contribution in [0.3, 0.4) is 0 Å². The van der Waals surface area contributed by atoms with E-state index in [0.29, 0.717) is 6.42 Å². The lowest BCUT2D eigenvalue weighted by atomic mass is 10.1. The molecule has 0 saturated heterocycles. The number of hydrogen-bond acceptors (Lipinski definition) is 2. The number of hydrogen-bond donors (Lipinski definition) is 0. The van der Waals surface area contributed by atoms with E-state index in [9.17, 15) is 0 Å². The first-order chi connectivity index (χ1) is 6.88. The minimum absolute atomic E-state index is 0.685. The maximum atomic E-state index is 8.59. The third-order valence-corrected chi connectivity index (χ3v) is 3.26. The molecule has 1 fully saturated rings. The number of nitriles is 1. The second-order valence-electron chi connectivity index (χ2n) is 4.18. The molecule has 1 aliphatic rings. The summed E-state index contributed by atoms with van der Waals surface area (Å²) < 4.78 is 0. The first kappa shape index (κ1) is 11.5. The van der Waals surface area contributed by atoms with Crippen molar-refractivity contribution in [2.24, 2.45) is 0 Å². The van der Waals surface area contributed by atoms with Crippen molar-refractivity contribution in [1.29, 1.82) is 5.26 Å². The zero-order valence-electron chi connectivity index (χ0n) is 9.34. The molecule has 0 aromatic carbocycles. The maximum absolute atomic E-state index is 8.59. The van der Waals surface area contributed by atoms with Gasteiger partial charge in [-0.3, -0.25) is 4.90 Å². The van der Waals surface area contributed by atoms with E-state index in [1.165, 1.54) is 38.5 Å². The highest BCUT2D eigenvalue weighted by atomic mass is 15.1. The summed E-state index contributed by atoms with van der Waals surface area (Å²) in [6, 6.07) is 3.01. The van der Waals surface area contributed by atoms with Crippen molar-refractivity contribution in [3.63, 3.8) is 0 Å². The van der Waals surface area contributed by atoms with Gasteiger partial charge in [-0.15, -0.1) is 0 Å². The van der Waals surface area contributed by atoms with Gasteiger partial charge in [0.1, 0.15) is 0 Å². The predicted molar refractivity (Wildman–Crippen MR) is 59.0 cm³/mol. The molecule has 80 valence electrons. The molecule has 0 amide bonds. The van der Waals surface area contributed by atoms with E-state index in [2.05, 4.69) is 17.9 Å². The molecule has 0 unspecified atom stereocenters. The molecule has 0 bridgehead atoms. The molecule has 0 aliphatic heterocycles. The standard InChI is InChI=1S/C12H22N2/c1-2-14(11-7-10-13)12-8-5-3-4-6-9-12/h12H,2-9,11H2,1H3. The topological polar surface area (TPSA) is 27.0 Å². The molecule has 0 aromatic rings. The normalized spacial score (nSPS) is 19.2. The third-order valence-electron chi connectivity index (χ3n) is 3.26. The molecule has 1 rings (SSSR count). The molecule has 2 nitrogen and oxygen atoms in total. The Hall–Kier alpha value is -0.550. The first-order valence-corrected chi connectivity index (χ1v) is 5.99. The van der Waals surface area contributed by atoms with E-state index in [-0.39, 0.29) is 0 Å². The largest absolute Gasteiger partial charge is 0.300 e. The van der Waals surface area contributed by atoms with E-state index in [1.54, 1.807) is 0 Å². The molecule has 0 radical (unpaired) electrons. The van der Waals surface area contributed by atoms with Crippen molar-refractivity contribution in [3.8, 4) is 6.07 Å². The van der Waals surface area contributed by atoms with Crippen molar-refractivity contribution in [2.45, 2.75) is 57.9 Å². The Morgan fingerprint density at radius 3 is 2.36 bits per heavy atom. The molecule has 1 aliphatic carbocycles. The van der Waals surface area contributed by atoms with Gasteiger partial charge in [0.25, 0.3) is 0 Å². The molecule has 0 N–H and O–H groups in total. The van der Waals surface area contributed by atoms with Crippen molar-refractivity contribution < 1.29 is 0 Å². The van der Waals surface area contributed by atoms with Gasteiger partial charge < -0.3 is 0 Å². The molecule has 0 heterocycles. The monoisotopic (exact) mass is 194 g/mol. The Morgan fingerprint density at radius 2 is 1.86 bits per heavy atom. The summed E-state index contributed by atoms with van der Waals surface area (Å²) in [5.41, 5.74) is 0. The van der Waals surface area contributed by atoms with Crippen molar-refractivity contribution >= 4 is 0 Å². The van der Waals surface area contributed by atoms with Crippen LogP contribution < -0.4 is 0 Å². The summed E-state index contributed by atoms with van der Waals surface area (Å²) in [7, 11) is 0. The minimum Gasteiger partial charge on any atom is -0.300 e. The van der Waals surface area contributed by atoms with Gasteiger partial charge in [-0.1, -0.05) is 32.6 Å². The summed E-state index contributed by atoms with van der Waals surface area (Å²) >= 11 is 0. The van der Waals surface area contributed by atoms with Crippen LogP contribution in [-0.4, -0.2) is 24.0 Å². The summed E-state index contributed by atoms with van der Waals surface area (Å²) in [6.45, 7) is 4.28. The quantitative estimate of drug-likeness (QED) is 0.643. The zero-order valence-corrected chi connectivity index (χ0v) is 9.34.